The maximum absolute atomic E-state index is 10.1. The van der Waals surface area contributed by atoms with Crippen LogP contribution in [0.5, 0.6) is 0 Å². The molecule has 3 nitrogen and oxygen atoms in total. The van der Waals surface area contributed by atoms with Gasteiger partial charge in [0.25, 0.3) is 0 Å². The molecule has 184 valence electrons. The van der Waals surface area contributed by atoms with Crippen LogP contribution in [0.25, 0.3) is 0 Å². The van der Waals surface area contributed by atoms with Crippen molar-refractivity contribution in [1.29, 1.82) is 5.26 Å². The number of fused-ring (bicyclic) bond motifs is 1. The molecule has 0 bridgehead atoms. The average molecular weight is 454 g/mol. The summed E-state index contributed by atoms with van der Waals surface area (Å²) in [7, 11) is 0. The highest BCUT2D eigenvalue weighted by atomic mass is 16.5. The highest BCUT2D eigenvalue weighted by Crippen LogP contribution is 2.60. The maximum atomic E-state index is 10.1. The molecule has 3 aliphatic carbocycles. The van der Waals surface area contributed by atoms with Crippen LogP contribution in [0, 0.1) is 34.5 Å². The van der Waals surface area contributed by atoms with Crippen LogP contribution in [-0.2, 0) is 4.74 Å². The third-order valence-corrected chi connectivity index (χ3v) is 8.91. The van der Waals surface area contributed by atoms with Gasteiger partial charge < -0.3 is 9.84 Å². The fourth-order valence-corrected chi connectivity index (χ4v) is 7.07. The number of allylic oxidation sites excluding steroid dienone is 4. The second-order valence-corrected chi connectivity index (χ2v) is 12.0. The zero-order valence-electron chi connectivity index (χ0n) is 21.7. The third kappa shape index (κ3) is 6.83. The molecule has 0 amide bonds. The molecule has 33 heavy (non-hydrogen) atoms. The van der Waals surface area contributed by atoms with Crippen molar-refractivity contribution in [2.45, 2.75) is 116 Å². The van der Waals surface area contributed by atoms with E-state index in [-0.39, 0.29) is 6.10 Å². The average Bonchev–Trinajstić information content (AvgIpc) is 3.10. The monoisotopic (exact) mass is 453 g/mol. The van der Waals surface area contributed by atoms with E-state index < -0.39 is 5.60 Å². The number of nitrogens with zero attached hydrogens (tertiary/aromatic N) is 1. The lowest BCUT2D eigenvalue weighted by molar-refractivity contribution is 0.0478. The number of rotatable bonds is 9. The Hall–Kier alpha value is -1.37. The lowest BCUT2D eigenvalue weighted by atomic mass is 9.60. The minimum Gasteiger partial charge on any atom is -0.390 e. The minimum absolute atomic E-state index is 0.228. The van der Waals surface area contributed by atoms with Gasteiger partial charge in [-0.1, -0.05) is 56.6 Å². The van der Waals surface area contributed by atoms with Gasteiger partial charge in [-0.05, 0) is 100 Å². The third-order valence-electron chi connectivity index (χ3n) is 8.91. The summed E-state index contributed by atoms with van der Waals surface area (Å²) in [6, 6.07) is 2.17. The topological polar surface area (TPSA) is 53.2 Å². The molecule has 0 saturated heterocycles. The molecule has 0 spiro atoms. The van der Waals surface area contributed by atoms with Gasteiger partial charge in [-0.25, -0.2) is 0 Å². The highest BCUT2D eigenvalue weighted by Gasteiger charge is 2.50. The van der Waals surface area contributed by atoms with Crippen LogP contribution in [-0.4, -0.2) is 23.4 Å². The molecule has 0 heterocycles. The first-order chi connectivity index (χ1) is 15.6. The second-order valence-electron chi connectivity index (χ2n) is 12.0. The van der Waals surface area contributed by atoms with Crippen LogP contribution < -0.4 is 0 Å². The number of hydrogen-bond donors (Lipinski definition) is 1. The molecule has 3 heteroatoms. The van der Waals surface area contributed by atoms with Crippen LogP contribution in [0.4, 0.5) is 0 Å². The summed E-state index contributed by atoms with van der Waals surface area (Å²) in [6.07, 6.45) is 18.3. The standard InChI is InChI=1S/C30H47NO2/c1-22-11-14-26(33-20-8-19-31)21-25(22)13-12-24-10-7-18-30(5)27(15-16-28(24)30)23(2)9-6-17-29(3,4)32/h12-13,23,26-28,32H,1,6-11,14-18,20-21H2,2-5H3/t23-,26+,27-,28+,30-/m1/s1. The van der Waals surface area contributed by atoms with Gasteiger partial charge in [0.1, 0.15) is 0 Å². The van der Waals surface area contributed by atoms with Crippen molar-refractivity contribution >= 4 is 0 Å². The molecule has 3 saturated carbocycles. The predicted octanol–water partition coefficient (Wildman–Crippen LogP) is 7.67. The Bertz CT molecular complexity index is 780. The zero-order valence-corrected chi connectivity index (χ0v) is 21.7. The lowest BCUT2D eigenvalue weighted by Gasteiger charge is -2.44. The second kappa shape index (κ2) is 11.4. The van der Waals surface area contributed by atoms with Crippen LogP contribution in [0.15, 0.2) is 35.5 Å². The van der Waals surface area contributed by atoms with Gasteiger partial charge in [-0.3, -0.25) is 0 Å². The molecule has 3 aliphatic rings. The van der Waals surface area contributed by atoms with Crippen LogP contribution in [0.3, 0.4) is 0 Å². The van der Waals surface area contributed by atoms with E-state index in [1.54, 1.807) is 5.57 Å². The number of hydrogen-bond acceptors (Lipinski definition) is 3. The van der Waals surface area contributed by atoms with E-state index in [9.17, 15) is 5.11 Å². The molecule has 0 radical (unpaired) electrons. The van der Waals surface area contributed by atoms with Crippen molar-refractivity contribution in [1.82, 2.24) is 0 Å². The molecule has 0 aromatic rings. The fraction of sp³-hybridized carbons (Fsp3) is 0.767. The Labute approximate surface area is 203 Å². The number of nitriles is 1. The van der Waals surface area contributed by atoms with Crippen molar-refractivity contribution in [2.24, 2.45) is 23.2 Å². The number of aliphatic hydroxyl groups is 1. The minimum atomic E-state index is -0.543. The molecule has 0 unspecified atom stereocenters. The highest BCUT2D eigenvalue weighted by molar-refractivity contribution is 5.36. The van der Waals surface area contributed by atoms with Crippen LogP contribution >= 0.6 is 0 Å². The maximum Gasteiger partial charge on any atom is 0.0645 e. The molecule has 3 rings (SSSR count). The van der Waals surface area contributed by atoms with E-state index in [4.69, 9.17) is 10.00 Å². The Kier molecular flexibility index (Phi) is 9.04. The summed E-state index contributed by atoms with van der Waals surface area (Å²) in [4.78, 5) is 0. The van der Waals surface area contributed by atoms with E-state index in [1.165, 1.54) is 49.7 Å². The van der Waals surface area contributed by atoms with Gasteiger partial charge in [0.05, 0.1) is 30.8 Å². The lowest BCUT2D eigenvalue weighted by Crippen LogP contribution is -2.36. The summed E-state index contributed by atoms with van der Waals surface area (Å²) in [5.74, 6) is 2.23. The van der Waals surface area contributed by atoms with E-state index >= 15 is 0 Å². The summed E-state index contributed by atoms with van der Waals surface area (Å²) < 4.78 is 5.93. The molecule has 0 aromatic heterocycles. The van der Waals surface area contributed by atoms with Crippen LogP contribution in [0.2, 0.25) is 0 Å². The molecule has 0 aromatic carbocycles. The number of ether oxygens (including phenoxy) is 1. The smallest absolute Gasteiger partial charge is 0.0645 e. The zero-order chi connectivity index (χ0) is 24.1. The normalized spacial score (nSPS) is 33.8. The predicted molar refractivity (Wildman–Crippen MR) is 137 cm³/mol. The molecule has 3 fully saturated rings. The van der Waals surface area contributed by atoms with Crippen molar-refractivity contribution < 1.29 is 9.84 Å². The van der Waals surface area contributed by atoms with Gasteiger partial charge in [0, 0.05) is 0 Å². The van der Waals surface area contributed by atoms with Crippen molar-refractivity contribution in [3.8, 4) is 6.07 Å². The molecule has 5 atom stereocenters. The fourth-order valence-electron chi connectivity index (χ4n) is 7.07. The van der Waals surface area contributed by atoms with E-state index in [1.807, 2.05) is 13.8 Å². The first kappa shape index (κ1) is 26.2. The Morgan fingerprint density at radius 3 is 2.79 bits per heavy atom. The van der Waals surface area contributed by atoms with Gasteiger partial charge in [0.2, 0.25) is 0 Å². The molecular formula is C30H47NO2. The van der Waals surface area contributed by atoms with E-state index in [2.05, 4.69) is 38.6 Å². The van der Waals surface area contributed by atoms with E-state index in [0.717, 1.165) is 43.9 Å². The Balaban J connectivity index is 1.65. The van der Waals surface area contributed by atoms with Gasteiger partial charge in [-0.2, -0.15) is 5.26 Å². The Morgan fingerprint density at radius 2 is 2.06 bits per heavy atom. The summed E-state index contributed by atoms with van der Waals surface area (Å²) in [5.41, 5.74) is 4.14. The van der Waals surface area contributed by atoms with Gasteiger partial charge in [-0.15, -0.1) is 0 Å². The SMILES string of the molecule is C=C1CC[C@H](OCCC#N)CC1=CC=C1CCC[C@]2(C)[C@@H]([C@H](C)CCCC(C)(C)O)CC[C@@H]12. The largest absolute Gasteiger partial charge is 0.390 e. The quantitative estimate of drug-likeness (QED) is 0.364. The first-order valence-electron chi connectivity index (χ1n) is 13.4. The summed E-state index contributed by atoms with van der Waals surface area (Å²) >= 11 is 0. The van der Waals surface area contributed by atoms with Gasteiger partial charge >= 0.3 is 0 Å². The van der Waals surface area contributed by atoms with Gasteiger partial charge in [0.15, 0.2) is 0 Å². The van der Waals surface area contributed by atoms with Crippen LogP contribution in [0.1, 0.15) is 105 Å². The van der Waals surface area contributed by atoms with Crippen molar-refractivity contribution in [3.63, 3.8) is 0 Å². The van der Waals surface area contributed by atoms with Crippen molar-refractivity contribution in [3.05, 3.63) is 35.5 Å². The molecule has 0 aliphatic heterocycles. The first-order valence-corrected chi connectivity index (χ1v) is 13.4. The summed E-state index contributed by atoms with van der Waals surface area (Å²) in [6.45, 7) is 13.8. The molecular weight excluding hydrogens is 406 g/mol. The molecule has 1 N–H and O–H groups in total. The van der Waals surface area contributed by atoms with E-state index in [0.29, 0.717) is 24.4 Å². The van der Waals surface area contributed by atoms with Crippen molar-refractivity contribution in [2.75, 3.05) is 6.61 Å². The Morgan fingerprint density at radius 1 is 1.27 bits per heavy atom. The summed E-state index contributed by atoms with van der Waals surface area (Å²) in [5, 5.41) is 18.9.